The molecule has 1 atom stereocenters. The molecule has 0 aliphatic carbocycles. The van der Waals surface area contributed by atoms with Gasteiger partial charge in [-0.1, -0.05) is 0 Å². The highest BCUT2D eigenvalue weighted by molar-refractivity contribution is 7.85. The topological polar surface area (TPSA) is 106 Å². The van der Waals surface area contributed by atoms with Crippen LogP contribution in [-0.4, -0.2) is 69.6 Å². The van der Waals surface area contributed by atoms with E-state index in [1.807, 2.05) is 0 Å². The Morgan fingerprint density at radius 1 is 1.13 bits per heavy atom. The normalized spacial score (nSPS) is 24.0. The van der Waals surface area contributed by atoms with E-state index in [0.29, 0.717) is 39.1 Å². The average molecular weight is 448 g/mol. The molecule has 30 heavy (non-hydrogen) atoms. The lowest BCUT2D eigenvalue weighted by Gasteiger charge is -2.38. The van der Waals surface area contributed by atoms with Gasteiger partial charge < -0.3 is 19.1 Å². The summed E-state index contributed by atoms with van der Waals surface area (Å²) in [5.41, 5.74) is -0.203. The third-order valence-electron chi connectivity index (χ3n) is 5.54. The number of rotatable bonds is 5. The predicted molar refractivity (Wildman–Crippen MR) is 101 cm³/mol. The van der Waals surface area contributed by atoms with Crippen LogP contribution in [0.25, 0.3) is 0 Å². The number of ether oxygens (including phenoxy) is 3. The van der Waals surface area contributed by atoms with Gasteiger partial charge in [0.2, 0.25) is 0 Å². The Bertz CT molecular complexity index is 903. The van der Waals surface area contributed by atoms with Crippen LogP contribution in [0.1, 0.15) is 19.3 Å². The predicted octanol–water partition coefficient (Wildman–Crippen LogP) is 1.91. The zero-order chi connectivity index (χ0) is 21.5. The molecule has 0 radical (unpaired) electrons. The first-order valence-corrected chi connectivity index (χ1v) is 11.2. The van der Waals surface area contributed by atoms with Crippen LogP contribution >= 0.6 is 0 Å². The first-order chi connectivity index (χ1) is 14.2. The van der Waals surface area contributed by atoms with Crippen LogP contribution in [0.5, 0.6) is 0 Å². The first-order valence-electron chi connectivity index (χ1n) is 9.61. The van der Waals surface area contributed by atoms with Gasteiger partial charge in [0, 0.05) is 44.5 Å². The Balaban J connectivity index is 1.46. The summed E-state index contributed by atoms with van der Waals surface area (Å²) in [5.74, 6) is -2.88. The minimum absolute atomic E-state index is 0.0240. The molecule has 1 spiro atoms. The zero-order valence-electron chi connectivity index (χ0n) is 16.1. The number of carbonyl (C=O) groups excluding carboxylic acids is 1. The number of hydrogen-bond acceptors (Lipinski definition) is 7. The molecule has 0 unspecified atom stereocenters. The number of cyclic esters (lactones) is 1. The molecule has 12 heteroatoms. The molecule has 3 aliphatic heterocycles. The third-order valence-corrected chi connectivity index (χ3v) is 6.29. The third kappa shape index (κ3) is 4.36. The second kappa shape index (κ2) is 7.91. The molecular formula is C18H22F2N2O7S. The van der Waals surface area contributed by atoms with E-state index in [0.717, 1.165) is 17.0 Å². The van der Waals surface area contributed by atoms with Crippen molar-refractivity contribution in [2.45, 2.75) is 31.2 Å². The Morgan fingerprint density at radius 3 is 2.30 bits per heavy atom. The van der Waals surface area contributed by atoms with Gasteiger partial charge in [0.1, 0.15) is 11.8 Å². The molecule has 3 aliphatic rings. The molecule has 1 N–H and O–H groups in total. The smallest absolute Gasteiger partial charge is 0.414 e. The van der Waals surface area contributed by atoms with E-state index < -0.39 is 45.5 Å². The maximum atomic E-state index is 14.8. The second-order valence-corrected chi connectivity index (χ2v) is 9.12. The Hall–Kier alpha value is -2.02. The molecule has 0 saturated carbocycles. The second-order valence-electron chi connectivity index (χ2n) is 7.54. The monoisotopic (exact) mass is 448 g/mol. The average Bonchev–Trinajstić information content (AvgIpc) is 3.27. The van der Waals surface area contributed by atoms with E-state index in [9.17, 15) is 22.0 Å². The van der Waals surface area contributed by atoms with Crippen molar-refractivity contribution < 1.29 is 40.8 Å². The van der Waals surface area contributed by atoms with Gasteiger partial charge in [0.05, 0.1) is 31.2 Å². The van der Waals surface area contributed by atoms with Gasteiger partial charge in [-0.3, -0.25) is 9.45 Å². The van der Waals surface area contributed by atoms with Crippen LogP contribution in [0.2, 0.25) is 0 Å². The summed E-state index contributed by atoms with van der Waals surface area (Å²) in [5, 5.41) is 0. The van der Waals surface area contributed by atoms with Crippen molar-refractivity contribution in [2.24, 2.45) is 0 Å². The van der Waals surface area contributed by atoms with Crippen molar-refractivity contribution in [1.29, 1.82) is 0 Å². The number of halogens is 2. The van der Waals surface area contributed by atoms with Gasteiger partial charge in [0.15, 0.2) is 17.4 Å². The fourth-order valence-electron chi connectivity index (χ4n) is 4.03. The van der Waals surface area contributed by atoms with Gasteiger partial charge >= 0.3 is 6.09 Å². The summed E-state index contributed by atoms with van der Waals surface area (Å²) in [6.07, 6.45) is -0.792. The first kappa shape index (κ1) is 21.2. The molecule has 166 valence electrons. The number of nitrogens with zero attached hydrogens (tertiary/aromatic N) is 2. The standard InChI is InChI=1S/C18H22F2N2O7S/c19-14-9-12(22-11-13(29-17(22)23)1-8-30(24,25)26)10-15(20)16(14)21-4-2-18(3-5-21)27-6-7-28-18/h9-10,13H,1-8,11H2,(H,24,25,26)/t13-/m1/s1. The van der Waals surface area contributed by atoms with Crippen LogP contribution in [0, 0.1) is 11.6 Å². The highest BCUT2D eigenvalue weighted by Gasteiger charge is 2.41. The fourth-order valence-corrected chi connectivity index (χ4v) is 4.59. The maximum absolute atomic E-state index is 14.8. The van der Waals surface area contributed by atoms with E-state index in [4.69, 9.17) is 18.8 Å². The molecule has 1 amide bonds. The largest absolute Gasteiger partial charge is 0.444 e. The van der Waals surface area contributed by atoms with E-state index in [1.165, 1.54) is 0 Å². The van der Waals surface area contributed by atoms with Crippen LogP contribution in [0.3, 0.4) is 0 Å². The van der Waals surface area contributed by atoms with Gasteiger partial charge in [-0.05, 0) is 0 Å². The lowest BCUT2D eigenvalue weighted by molar-refractivity contribution is -0.169. The summed E-state index contributed by atoms with van der Waals surface area (Å²) in [6, 6.07) is 2.11. The van der Waals surface area contributed by atoms with Gasteiger partial charge in [-0.25, -0.2) is 13.6 Å². The van der Waals surface area contributed by atoms with Crippen molar-refractivity contribution in [1.82, 2.24) is 0 Å². The molecular weight excluding hydrogens is 426 g/mol. The molecule has 9 nitrogen and oxygen atoms in total. The highest BCUT2D eigenvalue weighted by atomic mass is 32.2. The Kier molecular flexibility index (Phi) is 5.60. The van der Waals surface area contributed by atoms with Gasteiger partial charge in [0.25, 0.3) is 10.1 Å². The van der Waals surface area contributed by atoms with E-state index in [-0.39, 0.29) is 24.3 Å². The van der Waals surface area contributed by atoms with Crippen molar-refractivity contribution in [2.75, 3.05) is 48.4 Å². The summed E-state index contributed by atoms with van der Waals surface area (Å²) < 4.78 is 76.5. The minimum Gasteiger partial charge on any atom is -0.444 e. The lowest BCUT2D eigenvalue weighted by Crippen LogP contribution is -2.45. The molecule has 3 fully saturated rings. The molecule has 1 aromatic carbocycles. The van der Waals surface area contributed by atoms with Gasteiger partial charge in [-0.15, -0.1) is 0 Å². The van der Waals surface area contributed by atoms with Crippen molar-refractivity contribution in [3.63, 3.8) is 0 Å². The summed E-state index contributed by atoms with van der Waals surface area (Å²) in [7, 11) is -4.20. The SMILES string of the molecule is O=C1O[C@H](CCS(=O)(=O)O)CN1c1cc(F)c(N2CCC3(CC2)OCCO3)c(F)c1. The van der Waals surface area contributed by atoms with Crippen LogP contribution in [-0.2, 0) is 24.3 Å². The van der Waals surface area contributed by atoms with Crippen molar-refractivity contribution >= 4 is 27.6 Å². The molecule has 3 saturated heterocycles. The van der Waals surface area contributed by atoms with Crippen molar-refractivity contribution in [3.05, 3.63) is 23.8 Å². The molecule has 0 aromatic heterocycles. The number of carbonyl (C=O) groups is 1. The number of piperidine rings is 1. The Morgan fingerprint density at radius 2 is 1.73 bits per heavy atom. The number of amides is 1. The zero-order valence-corrected chi connectivity index (χ0v) is 16.9. The molecule has 1 aromatic rings. The molecule has 4 rings (SSSR count). The van der Waals surface area contributed by atoms with Crippen LogP contribution in [0.4, 0.5) is 25.0 Å². The Labute approximate surface area is 172 Å². The quantitative estimate of drug-likeness (QED) is 0.681. The van der Waals surface area contributed by atoms with E-state index >= 15 is 0 Å². The lowest BCUT2D eigenvalue weighted by atomic mass is 10.0. The van der Waals surface area contributed by atoms with Gasteiger partial charge in [-0.2, -0.15) is 8.42 Å². The molecule has 3 heterocycles. The number of anilines is 2. The highest BCUT2D eigenvalue weighted by Crippen LogP contribution is 2.36. The summed E-state index contributed by atoms with van der Waals surface area (Å²) >= 11 is 0. The maximum Gasteiger partial charge on any atom is 0.414 e. The van der Waals surface area contributed by atoms with Crippen molar-refractivity contribution in [3.8, 4) is 0 Å². The summed E-state index contributed by atoms with van der Waals surface area (Å²) in [6.45, 7) is 1.66. The van der Waals surface area contributed by atoms with Crippen LogP contribution in [0.15, 0.2) is 12.1 Å². The summed E-state index contributed by atoms with van der Waals surface area (Å²) in [4.78, 5) is 14.7. The number of hydrogen-bond donors (Lipinski definition) is 1. The van der Waals surface area contributed by atoms with E-state index in [1.54, 1.807) is 4.90 Å². The fraction of sp³-hybridized carbons (Fsp3) is 0.611. The van der Waals surface area contributed by atoms with E-state index in [2.05, 4.69) is 0 Å². The molecule has 0 bridgehead atoms. The van der Waals surface area contributed by atoms with Crippen LogP contribution < -0.4 is 9.80 Å². The minimum atomic E-state index is -4.20. The number of benzene rings is 1.